The van der Waals surface area contributed by atoms with Crippen molar-refractivity contribution < 1.29 is 12.8 Å². The van der Waals surface area contributed by atoms with Crippen molar-refractivity contribution in [1.29, 1.82) is 0 Å². The molecule has 0 fully saturated rings. The van der Waals surface area contributed by atoms with Gasteiger partial charge < -0.3 is 5.73 Å². The first-order valence-electron chi connectivity index (χ1n) is 4.08. The zero-order chi connectivity index (χ0) is 10.8. The van der Waals surface area contributed by atoms with Gasteiger partial charge in [-0.25, -0.2) is 12.8 Å². The van der Waals surface area contributed by atoms with E-state index in [-0.39, 0.29) is 22.8 Å². The molecule has 0 amide bonds. The van der Waals surface area contributed by atoms with Gasteiger partial charge in [0.2, 0.25) is 0 Å². The monoisotopic (exact) mass is 216 g/mol. The third-order valence-corrected chi connectivity index (χ3v) is 3.56. The molecule has 0 saturated carbocycles. The van der Waals surface area contributed by atoms with Crippen molar-refractivity contribution in [2.45, 2.75) is 11.8 Å². The highest BCUT2D eigenvalue weighted by Gasteiger charge is 2.18. The second-order valence-corrected chi connectivity index (χ2v) is 4.97. The molecule has 3 nitrogen and oxygen atoms in total. The topological polar surface area (TPSA) is 60.2 Å². The second-order valence-electron chi connectivity index (χ2n) is 2.89. The highest BCUT2D eigenvalue weighted by atomic mass is 32.2. The van der Waals surface area contributed by atoms with Gasteiger partial charge in [-0.3, -0.25) is 0 Å². The van der Waals surface area contributed by atoms with E-state index in [4.69, 9.17) is 5.73 Å². The van der Waals surface area contributed by atoms with Crippen LogP contribution >= 0.6 is 0 Å². The van der Waals surface area contributed by atoms with Gasteiger partial charge >= 0.3 is 0 Å². The van der Waals surface area contributed by atoms with Gasteiger partial charge in [-0.05, 0) is 24.6 Å². The van der Waals surface area contributed by atoms with Gasteiger partial charge in [-0.15, -0.1) is 0 Å². The maximum Gasteiger partial charge on any atom is 0.182 e. The van der Waals surface area contributed by atoms with Crippen LogP contribution < -0.4 is 5.73 Å². The van der Waals surface area contributed by atoms with E-state index >= 15 is 0 Å². The molecule has 77 valence electrons. The normalized spacial score (nSPS) is 11.6. The molecule has 0 bridgehead atoms. The summed E-state index contributed by atoms with van der Waals surface area (Å²) in [5.41, 5.74) is 5.33. The third-order valence-electron chi connectivity index (χ3n) is 1.80. The zero-order valence-electron chi connectivity index (χ0n) is 7.75. The molecule has 0 unspecified atom stereocenters. The van der Waals surface area contributed by atoms with E-state index in [1.165, 1.54) is 19.1 Å². The fraction of sp³-hybridized carbons (Fsp3) is 0.333. The van der Waals surface area contributed by atoms with E-state index in [2.05, 4.69) is 6.07 Å². The lowest BCUT2D eigenvalue weighted by Crippen LogP contribution is -2.17. The van der Waals surface area contributed by atoms with Crippen molar-refractivity contribution in [3.63, 3.8) is 0 Å². The molecular weight excluding hydrogens is 205 g/mol. The number of hydrogen-bond donors (Lipinski definition) is 1. The quantitative estimate of drug-likeness (QED) is 0.807. The zero-order valence-corrected chi connectivity index (χ0v) is 8.57. The van der Waals surface area contributed by atoms with Crippen LogP contribution in [0.4, 0.5) is 4.39 Å². The summed E-state index contributed by atoms with van der Waals surface area (Å²) in [6.07, 6.45) is 0. The summed E-state index contributed by atoms with van der Waals surface area (Å²) in [5.74, 6) is -0.978. The molecule has 0 saturated heterocycles. The van der Waals surface area contributed by atoms with Crippen molar-refractivity contribution in [2.75, 3.05) is 12.3 Å². The van der Waals surface area contributed by atoms with Gasteiger partial charge in [0, 0.05) is 6.54 Å². The molecule has 0 heterocycles. The van der Waals surface area contributed by atoms with Crippen molar-refractivity contribution in [3.8, 4) is 0 Å². The number of nitrogens with two attached hydrogens (primary N) is 1. The van der Waals surface area contributed by atoms with Crippen LogP contribution in [0.3, 0.4) is 0 Å². The van der Waals surface area contributed by atoms with E-state index in [0.717, 1.165) is 0 Å². The van der Waals surface area contributed by atoms with Crippen molar-refractivity contribution in [2.24, 2.45) is 5.73 Å². The van der Waals surface area contributed by atoms with Gasteiger partial charge in [0.1, 0.15) is 10.7 Å². The molecule has 0 aliphatic rings. The van der Waals surface area contributed by atoms with Gasteiger partial charge in [0.25, 0.3) is 0 Å². The molecule has 5 heteroatoms. The predicted molar refractivity (Wildman–Crippen MR) is 51.1 cm³/mol. The number of rotatable bonds is 3. The number of aryl methyl sites for hydroxylation is 1. The molecule has 1 radical (unpaired) electrons. The minimum atomic E-state index is -3.58. The molecular formula is C9H11FNO2S. The Morgan fingerprint density at radius 2 is 2.21 bits per heavy atom. The minimum absolute atomic E-state index is 0.0145. The SMILES string of the molecule is Cc1[c]ccc(S(=O)(=O)CCN)c1F. The largest absolute Gasteiger partial charge is 0.329 e. The highest BCUT2D eigenvalue weighted by Crippen LogP contribution is 2.17. The fourth-order valence-electron chi connectivity index (χ4n) is 1.07. The van der Waals surface area contributed by atoms with Crippen LogP contribution in [0, 0.1) is 18.8 Å². The van der Waals surface area contributed by atoms with E-state index in [1.54, 1.807) is 0 Å². The summed E-state index contributed by atoms with van der Waals surface area (Å²) in [5, 5.41) is 0. The minimum Gasteiger partial charge on any atom is -0.329 e. The van der Waals surface area contributed by atoms with Crippen molar-refractivity contribution >= 4 is 9.84 Å². The second kappa shape index (κ2) is 4.06. The Bertz CT molecular complexity index is 428. The Morgan fingerprint density at radius 3 is 2.79 bits per heavy atom. The average molecular weight is 216 g/mol. The van der Waals surface area contributed by atoms with E-state index in [1.807, 2.05) is 0 Å². The van der Waals surface area contributed by atoms with Crippen LogP contribution in [-0.2, 0) is 9.84 Å². The first-order chi connectivity index (χ1) is 6.49. The smallest absolute Gasteiger partial charge is 0.182 e. The summed E-state index contributed by atoms with van der Waals surface area (Å²) in [6, 6.07) is 5.18. The molecule has 2 N–H and O–H groups in total. The summed E-state index contributed by atoms with van der Waals surface area (Å²) in [7, 11) is -3.58. The summed E-state index contributed by atoms with van der Waals surface area (Å²) < 4.78 is 36.3. The molecule has 1 rings (SSSR count). The summed E-state index contributed by atoms with van der Waals surface area (Å²) in [6.45, 7) is 1.45. The third kappa shape index (κ3) is 2.10. The summed E-state index contributed by atoms with van der Waals surface area (Å²) >= 11 is 0. The Balaban J connectivity index is 3.27. The lowest BCUT2D eigenvalue weighted by Gasteiger charge is -2.05. The number of halogens is 1. The first-order valence-corrected chi connectivity index (χ1v) is 5.74. The van der Waals surface area contributed by atoms with Crippen molar-refractivity contribution in [3.05, 3.63) is 29.6 Å². The Hall–Kier alpha value is -0.940. The first kappa shape index (κ1) is 11.1. The summed E-state index contributed by atoms with van der Waals surface area (Å²) in [4.78, 5) is -0.292. The lowest BCUT2D eigenvalue weighted by atomic mass is 10.2. The lowest BCUT2D eigenvalue weighted by molar-refractivity contribution is 0.562. The van der Waals surface area contributed by atoms with Gasteiger partial charge in [0.05, 0.1) is 5.75 Å². The molecule has 0 aliphatic carbocycles. The molecule has 1 aromatic rings. The van der Waals surface area contributed by atoms with Crippen LogP contribution in [-0.4, -0.2) is 20.7 Å². The van der Waals surface area contributed by atoms with Crippen molar-refractivity contribution in [1.82, 2.24) is 0 Å². The van der Waals surface area contributed by atoms with Gasteiger partial charge in [0.15, 0.2) is 9.84 Å². The molecule has 1 aromatic carbocycles. The van der Waals surface area contributed by atoms with Crippen LogP contribution in [0.15, 0.2) is 17.0 Å². The molecule has 0 aromatic heterocycles. The van der Waals surface area contributed by atoms with Crippen LogP contribution in [0.2, 0.25) is 0 Å². The fourth-order valence-corrected chi connectivity index (χ4v) is 2.30. The van der Waals surface area contributed by atoms with Crippen LogP contribution in [0.1, 0.15) is 5.56 Å². The Labute approximate surface area is 82.7 Å². The predicted octanol–water partition coefficient (Wildman–Crippen LogP) is 0.667. The Morgan fingerprint density at radius 1 is 1.57 bits per heavy atom. The number of hydrogen-bond acceptors (Lipinski definition) is 3. The maximum absolute atomic E-state index is 13.4. The van der Waals surface area contributed by atoms with Gasteiger partial charge in [-0.1, -0.05) is 6.07 Å². The average Bonchev–Trinajstić information content (AvgIpc) is 2.09. The highest BCUT2D eigenvalue weighted by molar-refractivity contribution is 7.91. The number of sulfone groups is 1. The van der Waals surface area contributed by atoms with E-state index in [0.29, 0.717) is 0 Å². The molecule has 14 heavy (non-hydrogen) atoms. The number of benzene rings is 1. The molecule has 0 atom stereocenters. The van der Waals surface area contributed by atoms with E-state index in [9.17, 15) is 12.8 Å². The van der Waals surface area contributed by atoms with Crippen LogP contribution in [0.5, 0.6) is 0 Å². The van der Waals surface area contributed by atoms with Gasteiger partial charge in [-0.2, -0.15) is 0 Å². The molecule has 0 aliphatic heterocycles. The van der Waals surface area contributed by atoms with Crippen LogP contribution in [0.25, 0.3) is 0 Å². The maximum atomic E-state index is 13.4. The Kier molecular flexibility index (Phi) is 3.23. The standard InChI is InChI=1S/C9H11FNO2S/c1-7-3-2-4-8(9(7)10)14(12,13)6-5-11/h2,4H,5-6,11H2,1H3. The van der Waals surface area contributed by atoms with E-state index < -0.39 is 15.7 Å². The molecule has 0 spiro atoms.